The number of hydrogen-bond donors (Lipinski definition) is 2. The lowest BCUT2D eigenvalue weighted by molar-refractivity contribution is 0.611. The molecule has 0 bridgehead atoms. The Labute approximate surface area is 94.3 Å². The molecular formula is C11H15N5. The fraction of sp³-hybridized carbons (Fsp3) is 0.364. The highest BCUT2D eigenvalue weighted by Crippen LogP contribution is 2.18. The fourth-order valence-corrected chi connectivity index (χ4v) is 1.60. The molecule has 2 heterocycles. The molecule has 5 nitrogen and oxygen atoms in total. The van der Waals surface area contributed by atoms with Crippen LogP contribution in [0.2, 0.25) is 0 Å². The zero-order valence-electron chi connectivity index (χ0n) is 9.44. The van der Waals surface area contributed by atoms with E-state index in [2.05, 4.69) is 38.7 Å². The molecule has 0 spiro atoms. The van der Waals surface area contributed by atoms with Crippen molar-refractivity contribution in [1.29, 1.82) is 0 Å². The molecule has 0 radical (unpaired) electrons. The first-order chi connectivity index (χ1) is 7.81. The molecule has 0 aliphatic rings. The van der Waals surface area contributed by atoms with Crippen LogP contribution in [0.3, 0.4) is 0 Å². The molecule has 0 fully saturated rings. The lowest BCUT2D eigenvalue weighted by Crippen LogP contribution is -2.22. The summed E-state index contributed by atoms with van der Waals surface area (Å²) in [6, 6.07) is 4.11. The summed E-state index contributed by atoms with van der Waals surface area (Å²) in [6.45, 7) is 4.91. The SMILES string of the molecule is CCNC(c1ccc(C)nc1)c1cn[nH]n1. The Balaban J connectivity index is 2.29. The number of aryl methyl sites for hydroxylation is 1. The van der Waals surface area contributed by atoms with Crippen molar-refractivity contribution in [2.24, 2.45) is 0 Å². The predicted molar refractivity (Wildman–Crippen MR) is 60.9 cm³/mol. The van der Waals surface area contributed by atoms with Gasteiger partial charge in [-0.15, -0.1) is 0 Å². The number of H-pyrrole nitrogens is 1. The molecule has 0 saturated carbocycles. The quantitative estimate of drug-likeness (QED) is 0.807. The molecular weight excluding hydrogens is 202 g/mol. The van der Waals surface area contributed by atoms with Crippen LogP contribution < -0.4 is 5.32 Å². The minimum Gasteiger partial charge on any atom is -0.305 e. The maximum atomic E-state index is 4.29. The maximum absolute atomic E-state index is 4.29. The van der Waals surface area contributed by atoms with Gasteiger partial charge in [-0.25, -0.2) is 0 Å². The lowest BCUT2D eigenvalue weighted by Gasteiger charge is -2.15. The van der Waals surface area contributed by atoms with Crippen molar-refractivity contribution >= 4 is 0 Å². The minimum absolute atomic E-state index is 0.0526. The molecule has 2 rings (SSSR count). The van der Waals surface area contributed by atoms with Crippen molar-refractivity contribution in [3.8, 4) is 0 Å². The predicted octanol–water partition coefficient (Wildman–Crippen LogP) is 1.21. The summed E-state index contributed by atoms with van der Waals surface area (Å²) < 4.78 is 0. The average molecular weight is 217 g/mol. The van der Waals surface area contributed by atoms with E-state index in [1.165, 1.54) is 0 Å². The van der Waals surface area contributed by atoms with Crippen LogP contribution in [0.5, 0.6) is 0 Å². The highest BCUT2D eigenvalue weighted by molar-refractivity contribution is 5.24. The van der Waals surface area contributed by atoms with Crippen LogP contribution in [-0.4, -0.2) is 26.9 Å². The second kappa shape index (κ2) is 4.85. The second-order valence-electron chi connectivity index (χ2n) is 3.62. The van der Waals surface area contributed by atoms with Crippen molar-refractivity contribution in [3.05, 3.63) is 41.5 Å². The number of pyridine rings is 1. The van der Waals surface area contributed by atoms with E-state index in [0.29, 0.717) is 0 Å². The summed E-state index contributed by atoms with van der Waals surface area (Å²) in [5.74, 6) is 0. The van der Waals surface area contributed by atoms with Crippen LogP contribution in [0.25, 0.3) is 0 Å². The maximum Gasteiger partial charge on any atom is 0.104 e. The van der Waals surface area contributed by atoms with Gasteiger partial charge < -0.3 is 5.32 Å². The molecule has 0 saturated heterocycles. The van der Waals surface area contributed by atoms with E-state index in [0.717, 1.165) is 23.5 Å². The van der Waals surface area contributed by atoms with Crippen LogP contribution in [0.4, 0.5) is 0 Å². The Morgan fingerprint density at radius 2 is 2.25 bits per heavy atom. The summed E-state index contributed by atoms with van der Waals surface area (Å²) in [4.78, 5) is 4.29. The van der Waals surface area contributed by atoms with E-state index in [1.54, 1.807) is 6.20 Å². The summed E-state index contributed by atoms with van der Waals surface area (Å²) in [5.41, 5.74) is 2.99. The summed E-state index contributed by atoms with van der Waals surface area (Å²) in [5, 5.41) is 13.9. The van der Waals surface area contributed by atoms with Crippen LogP contribution in [0.15, 0.2) is 24.5 Å². The Kier molecular flexibility index (Phi) is 3.26. The van der Waals surface area contributed by atoms with Crippen molar-refractivity contribution < 1.29 is 0 Å². The van der Waals surface area contributed by atoms with Crippen molar-refractivity contribution in [2.75, 3.05) is 6.54 Å². The molecule has 0 aliphatic heterocycles. The van der Waals surface area contributed by atoms with Gasteiger partial charge in [0.2, 0.25) is 0 Å². The van der Waals surface area contributed by atoms with Crippen LogP contribution in [0, 0.1) is 6.92 Å². The monoisotopic (exact) mass is 217 g/mol. The van der Waals surface area contributed by atoms with Gasteiger partial charge in [-0.1, -0.05) is 13.0 Å². The van der Waals surface area contributed by atoms with Gasteiger partial charge in [-0.05, 0) is 25.1 Å². The molecule has 0 aromatic carbocycles. The van der Waals surface area contributed by atoms with Gasteiger partial charge in [0.1, 0.15) is 5.69 Å². The van der Waals surface area contributed by atoms with E-state index in [4.69, 9.17) is 0 Å². The Bertz CT molecular complexity index is 420. The number of hydrogen-bond acceptors (Lipinski definition) is 4. The van der Waals surface area contributed by atoms with Gasteiger partial charge in [0.25, 0.3) is 0 Å². The zero-order chi connectivity index (χ0) is 11.4. The van der Waals surface area contributed by atoms with Gasteiger partial charge >= 0.3 is 0 Å². The molecule has 1 unspecified atom stereocenters. The smallest absolute Gasteiger partial charge is 0.104 e. The van der Waals surface area contributed by atoms with Gasteiger partial charge in [0, 0.05) is 11.9 Å². The third-order valence-corrected chi connectivity index (χ3v) is 2.41. The van der Waals surface area contributed by atoms with E-state index in [-0.39, 0.29) is 6.04 Å². The number of nitrogens with one attached hydrogen (secondary N) is 2. The molecule has 2 aromatic rings. The molecule has 16 heavy (non-hydrogen) atoms. The Morgan fingerprint density at radius 3 is 2.81 bits per heavy atom. The third-order valence-electron chi connectivity index (χ3n) is 2.41. The van der Waals surface area contributed by atoms with E-state index in [9.17, 15) is 0 Å². The normalized spacial score (nSPS) is 12.6. The standard InChI is InChI=1S/C11H15N5/c1-3-12-11(10-7-14-16-15-10)9-5-4-8(2)13-6-9/h4-7,11-12H,3H2,1-2H3,(H,14,15,16). The van der Waals surface area contributed by atoms with Crippen molar-refractivity contribution in [2.45, 2.75) is 19.9 Å². The molecule has 5 heteroatoms. The van der Waals surface area contributed by atoms with Crippen molar-refractivity contribution in [1.82, 2.24) is 25.7 Å². The number of aromatic nitrogens is 4. The molecule has 2 aromatic heterocycles. The third kappa shape index (κ3) is 2.25. The molecule has 0 amide bonds. The first kappa shape index (κ1) is 10.8. The summed E-state index contributed by atoms with van der Waals surface area (Å²) in [6.07, 6.45) is 3.60. The molecule has 2 N–H and O–H groups in total. The van der Waals surface area contributed by atoms with Crippen LogP contribution in [-0.2, 0) is 0 Å². The molecule has 1 atom stereocenters. The van der Waals surface area contributed by atoms with E-state index >= 15 is 0 Å². The van der Waals surface area contributed by atoms with Gasteiger partial charge in [-0.2, -0.15) is 15.4 Å². The largest absolute Gasteiger partial charge is 0.305 e. The van der Waals surface area contributed by atoms with Gasteiger partial charge in [-0.3, -0.25) is 4.98 Å². The average Bonchev–Trinajstić information content (AvgIpc) is 2.81. The molecule has 0 aliphatic carbocycles. The topological polar surface area (TPSA) is 66.5 Å². The van der Waals surface area contributed by atoms with E-state index < -0.39 is 0 Å². The zero-order valence-corrected chi connectivity index (χ0v) is 9.44. The first-order valence-electron chi connectivity index (χ1n) is 5.33. The summed E-state index contributed by atoms with van der Waals surface area (Å²) >= 11 is 0. The highest BCUT2D eigenvalue weighted by Gasteiger charge is 2.15. The van der Waals surface area contributed by atoms with Gasteiger partial charge in [0.05, 0.1) is 12.2 Å². The van der Waals surface area contributed by atoms with Crippen LogP contribution in [0.1, 0.15) is 29.9 Å². The number of nitrogens with zero attached hydrogens (tertiary/aromatic N) is 3. The Morgan fingerprint density at radius 1 is 1.38 bits per heavy atom. The lowest BCUT2D eigenvalue weighted by atomic mass is 10.1. The minimum atomic E-state index is 0.0526. The molecule has 84 valence electrons. The summed E-state index contributed by atoms with van der Waals surface area (Å²) in [7, 11) is 0. The number of aromatic amines is 1. The van der Waals surface area contributed by atoms with Crippen LogP contribution >= 0.6 is 0 Å². The van der Waals surface area contributed by atoms with Gasteiger partial charge in [0.15, 0.2) is 0 Å². The van der Waals surface area contributed by atoms with Crippen molar-refractivity contribution in [3.63, 3.8) is 0 Å². The first-order valence-corrected chi connectivity index (χ1v) is 5.33. The number of rotatable bonds is 4. The Hall–Kier alpha value is -1.75. The fourth-order valence-electron chi connectivity index (χ4n) is 1.60. The highest BCUT2D eigenvalue weighted by atomic mass is 15.3. The second-order valence-corrected chi connectivity index (χ2v) is 3.62. The van der Waals surface area contributed by atoms with E-state index in [1.807, 2.05) is 19.2 Å².